The van der Waals surface area contributed by atoms with Crippen LogP contribution in [0.25, 0.3) is 0 Å². The van der Waals surface area contributed by atoms with Crippen LogP contribution in [0, 0.1) is 59.2 Å². The van der Waals surface area contributed by atoms with Gasteiger partial charge in [0.1, 0.15) is 61.2 Å². The third kappa shape index (κ3) is 7.89. The minimum Gasteiger partial charge on any atom is -0.446 e. The molecule has 0 aromatic heterocycles. The smallest absolute Gasteiger partial charge is 0.411 e. The molecule has 4 heterocycles. The van der Waals surface area contributed by atoms with Gasteiger partial charge >= 0.3 is 6.09 Å². The molecular weight excluding hydrogens is 819 g/mol. The number of aliphatic hydroxyl groups is 6. The lowest BCUT2D eigenvalue weighted by molar-refractivity contribution is -0.364. The molecule has 0 bridgehead atoms. The first-order valence-electron chi connectivity index (χ1n) is 23.4. The number of para-hydroxylation sites is 1. The summed E-state index contributed by atoms with van der Waals surface area (Å²) in [6.45, 7) is 10.5. The lowest BCUT2D eigenvalue weighted by Crippen LogP contribution is -2.65. The molecule has 16 heteroatoms. The number of anilines is 1. The van der Waals surface area contributed by atoms with E-state index in [1.165, 1.54) is 0 Å². The number of ketones is 1. The van der Waals surface area contributed by atoms with Crippen molar-refractivity contribution in [3.63, 3.8) is 0 Å². The maximum absolute atomic E-state index is 14.6. The molecule has 352 valence electrons. The molecule has 1 aromatic rings. The highest BCUT2D eigenvalue weighted by Gasteiger charge is 2.71. The number of amides is 1. The quantitative estimate of drug-likeness (QED) is 0.186. The molecule has 7 N–H and O–H groups in total. The van der Waals surface area contributed by atoms with Crippen LogP contribution in [0.2, 0.25) is 0 Å². The third-order valence-electron chi connectivity index (χ3n) is 17.4. The highest BCUT2D eigenvalue weighted by Crippen LogP contribution is 2.70. The standard InChI is InChI=1S/C47H69NO15/c1-22-12-15-47(58-20-22)24(3)34-31(63-47)17-28-27-11-10-25-16-26(13-14-45(25,4)35(27)30(50)18-46(28,34)5)59-42-40(55)38(53)41(32(19-49)60-42)62-43-39(54)37(52)36(51)33(61-43)21-57-44(56)48-29-9-7-6-8-23(29)2/h6-9,22,24-28,31-43,49,51-55H,10-21H2,1-5H3,(H,48,56)/t22-,24+,25+,26+,27?,28?,31?,32+,33+,34?,35?,36-,37+,38-,39+,40+,41-,42-,43+,45+,46+,47-/m1/s1. The highest BCUT2D eigenvalue weighted by molar-refractivity contribution is 5.85. The normalized spacial score (nSPS) is 50.6. The Hall–Kier alpha value is -2.32. The third-order valence-corrected chi connectivity index (χ3v) is 17.4. The van der Waals surface area contributed by atoms with Gasteiger partial charge in [0.05, 0.1) is 25.4 Å². The Morgan fingerprint density at radius 3 is 2.32 bits per heavy atom. The molecule has 4 aliphatic carbocycles. The lowest BCUT2D eigenvalue weighted by atomic mass is 9.44. The Balaban J connectivity index is 0.806. The largest absolute Gasteiger partial charge is 0.446 e. The number of Topliss-reactive ketones (excluding diaryl/α,β-unsaturated/α-hetero) is 1. The van der Waals surface area contributed by atoms with Crippen molar-refractivity contribution in [3.8, 4) is 0 Å². The fourth-order valence-corrected chi connectivity index (χ4v) is 14.0. The number of aliphatic hydroxyl groups excluding tert-OH is 6. The Bertz CT molecular complexity index is 1830. The van der Waals surface area contributed by atoms with Gasteiger partial charge in [0.15, 0.2) is 18.4 Å². The Morgan fingerprint density at radius 1 is 0.857 bits per heavy atom. The predicted molar refractivity (Wildman–Crippen MR) is 222 cm³/mol. The number of rotatable bonds is 8. The van der Waals surface area contributed by atoms with Gasteiger partial charge in [-0.15, -0.1) is 0 Å². The van der Waals surface area contributed by atoms with Crippen molar-refractivity contribution in [2.75, 3.05) is 25.1 Å². The van der Waals surface area contributed by atoms with Crippen LogP contribution < -0.4 is 5.32 Å². The monoisotopic (exact) mass is 887 g/mol. The van der Waals surface area contributed by atoms with E-state index in [0.29, 0.717) is 54.4 Å². The summed E-state index contributed by atoms with van der Waals surface area (Å²) in [6, 6.07) is 7.04. The zero-order valence-electron chi connectivity index (χ0n) is 37.1. The van der Waals surface area contributed by atoms with E-state index in [0.717, 1.165) is 50.7 Å². The molecular formula is C47H69NO15. The maximum Gasteiger partial charge on any atom is 0.411 e. The van der Waals surface area contributed by atoms with E-state index in [2.05, 4.69) is 33.0 Å². The van der Waals surface area contributed by atoms with Crippen molar-refractivity contribution < 1.29 is 73.4 Å². The van der Waals surface area contributed by atoms with E-state index >= 15 is 0 Å². The van der Waals surface area contributed by atoms with Crippen LogP contribution in [0.5, 0.6) is 0 Å². The summed E-state index contributed by atoms with van der Waals surface area (Å²) in [7, 11) is 0. The Morgan fingerprint density at radius 2 is 1.59 bits per heavy atom. The first-order chi connectivity index (χ1) is 30.0. The van der Waals surface area contributed by atoms with Crippen molar-refractivity contribution >= 4 is 17.6 Å². The van der Waals surface area contributed by atoms with Gasteiger partial charge < -0.3 is 63.8 Å². The van der Waals surface area contributed by atoms with Crippen LogP contribution in [-0.2, 0) is 38.0 Å². The summed E-state index contributed by atoms with van der Waals surface area (Å²) in [6.07, 6.45) is -9.26. The molecule has 1 aromatic carbocycles. The van der Waals surface area contributed by atoms with Crippen LogP contribution in [-0.4, -0.2) is 142 Å². The molecule has 8 aliphatic rings. The second-order valence-electron chi connectivity index (χ2n) is 21.0. The topological polar surface area (TPSA) is 232 Å². The molecule has 0 radical (unpaired) electrons. The first kappa shape index (κ1) is 45.8. The molecule has 1 amide bonds. The van der Waals surface area contributed by atoms with E-state index < -0.39 is 86.5 Å². The zero-order valence-corrected chi connectivity index (χ0v) is 37.1. The summed E-state index contributed by atoms with van der Waals surface area (Å²) in [5, 5.41) is 67.9. The zero-order chi connectivity index (χ0) is 44.7. The maximum atomic E-state index is 14.6. The molecule has 4 aliphatic heterocycles. The van der Waals surface area contributed by atoms with E-state index in [1.54, 1.807) is 25.1 Å². The van der Waals surface area contributed by atoms with Gasteiger partial charge in [-0.1, -0.05) is 45.9 Å². The molecule has 63 heavy (non-hydrogen) atoms. The minimum absolute atomic E-state index is 0.0426. The van der Waals surface area contributed by atoms with Gasteiger partial charge in [-0.25, -0.2) is 4.79 Å². The van der Waals surface area contributed by atoms with Gasteiger partial charge in [-0.3, -0.25) is 10.1 Å². The fourth-order valence-electron chi connectivity index (χ4n) is 14.0. The van der Waals surface area contributed by atoms with Gasteiger partial charge in [-0.2, -0.15) is 0 Å². The van der Waals surface area contributed by atoms with Crippen molar-refractivity contribution in [2.45, 2.75) is 172 Å². The molecule has 9 rings (SSSR count). The number of carbonyl (C=O) groups excluding carboxylic acids is 2. The van der Waals surface area contributed by atoms with Crippen molar-refractivity contribution in [1.82, 2.24) is 0 Å². The summed E-state index contributed by atoms with van der Waals surface area (Å²) in [5.41, 5.74) is 0.972. The molecule has 1 spiro atoms. The van der Waals surface area contributed by atoms with Gasteiger partial charge in [0.25, 0.3) is 0 Å². The van der Waals surface area contributed by atoms with Crippen LogP contribution in [0.4, 0.5) is 10.5 Å². The Labute approximate surface area is 369 Å². The average Bonchev–Trinajstić information content (AvgIpc) is 3.70. The number of ether oxygens (including phenoxy) is 7. The van der Waals surface area contributed by atoms with E-state index in [4.69, 9.17) is 33.2 Å². The first-order valence-corrected chi connectivity index (χ1v) is 23.4. The summed E-state index contributed by atoms with van der Waals surface area (Å²) in [5.74, 6) is 1.76. The summed E-state index contributed by atoms with van der Waals surface area (Å²) >= 11 is 0. The van der Waals surface area contributed by atoms with Gasteiger partial charge in [-0.05, 0) is 104 Å². The minimum atomic E-state index is -1.82. The van der Waals surface area contributed by atoms with E-state index in [9.17, 15) is 40.2 Å². The highest BCUT2D eigenvalue weighted by atomic mass is 16.7. The van der Waals surface area contributed by atoms with E-state index in [1.807, 2.05) is 6.07 Å². The van der Waals surface area contributed by atoms with Crippen molar-refractivity contribution in [3.05, 3.63) is 29.8 Å². The van der Waals surface area contributed by atoms with Crippen LogP contribution in [0.3, 0.4) is 0 Å². The number of fused-ring (bicyclic) bond motifs is 7. The molecule has 16 nitrogen and oxygen atoms in total. The van der Waals surface area contributed by atoms with Crippen LogP contribution >= 0.6 is 0 Å². The number of benzene rings is 1. The summed E-state index contributed by atoms with van der Waals surface area (Å²) in [4.78, 5) is 27.1. The SMILES string of the molecule is Cc1ccccc1NC(=O)OC[C@@H]1O[C@@H](O[C@H]2[C@H](O)[C@H](O)[C@H](O[C@H]3CC[C@]4(C)C5C(=O)C[C@@]6(C)C(CC7O[C@]8(CC[C@@H](C)CO8)[C@@H](C)C76)C5CC[C@H]4C3)O[C@H]2CO)[C@@H](O)[C@@H](O)[C@@H]1O. The molecule has 4 saturated carbocycles. The van der Waals surface area contributed by atoms with Crippen molar-refractivity contribution in [1.29, 1.82) is 0 Å². The number of hydrogen-bond donors (Lipinski definition) is 7. The second kappa shape index (κ2) is 17.4. The number of nitrogens with one attached hydrogen (secondary N) is 1. The molecule has 4 saturated heterocycles. The Kier molecular flexibility index (Phi) is 12.7. The number of carbonyl (C=O) groups is 2. The average molecular weight is 888 g/mol. The van der Waals surface area contributed by atoms with Crippen LogP contribution in [0.15, 0.2) is 24.3 Å². The predicted octanol–water partition coefficient (Wildman–Crippen LogP) is 3.19. The van der Waals surface area contributed by atoms with Gasteiger partial charge in [0, 0.05) is 30.4 Å². The molecule has 5 unspecified atom stereocenters. The van der Waals surface area contributed by atoms with Gasteiger partial charge in [0.2, 0.25) is 0 Å². The second-order valence-corrected chi connectivity index (χ2v) is 21.0. The van der Waals surface area contributed by atoms with Crippen LogP contribution in [0.1, 0.15) is 91.0 Å². The number of aryl methyl sites for hydroxylation is 1. The van der Waals surface area contributed by atoms with E-state index in [-0.39, 0.29) is 40.8 Å². The number of hydrogen-bond acceptors (Lipinski definition) is 15. The van der Waals surface area contributed by atoms with Crippen molar-refractivity contribution in [2.24, 2.45) is 52.3 Å². The molecule has 8 fully saturated rings. The fraction of sp³-hybridized carbons (Fsp3) is 0.830. The summed E-state index contributed by atoms with van der Waals surface area (Å²) < 4.78 is 42.7. The lowest BCUT2D eigenvalue weighted by Gasteiger charge is -2.60. The molecule has 22 atom stereocenters.